The molecular weight excluding hydrogens is 201 g/mol. The first-order valence-electron chi connectivity index (χ1n) is 4.45. The van der Waals surface area contributed by atoms with Crippen LogP contribution in [0.2, 0.25) is 0 Å². The topological polar surface area (TPSA) is 47.6 Å². The van der Waals surface area contributed by atoms with E-state index in [1.54, 1.807) is 13.0 Å². The van der Waals surface area contributed by atoms with Crippen molar-refractivity contribution in [2.75, 3.05) is 19.0 Å². The molecular formula is C10H12FNO3. The number of hydrogen-bond acceptors (Lipinski definition) is 3. The molecule has 0 heterocycles. The Hall–Kier alpha value is -1.78. The molecule has 4 nitrogen and oxygen atoms in total. The number of hydrogen-bond donors (Lipinski definition) is 1. The zero-order chi connectivity index (χ0) is 11.3. The Kier molecular flexibility index (Phi) is 3.91. The van der Waals surface area contributed by atoms with E-state index in [9.17, 15) is 9.18 Å². The lowest BCUT2D eigenvalue weighted by Gasteiger charge is -2.08. The highest BCUT2D eigenvalue weighted by atomic mass is 19.1. The monoisotopic (exact) mass is 213 g/mol. The van der Waals surface area contributed by atoms with Crippen LogP contribution in [0.5, 0.6) is 5.75 Å². The standard InChI is InChI=1S/C10H12FNO3/c1-3-15-10(13)12-7-5-4-6-8(14-2)9(7)11/h4-6H,3H2,1-2H3,(H,12,13). The Morgan fingerprint density at radius 3 is 2.87 bits per heavy atom. The fourth-order valence-corrected chi connectivity index (χ4v) is 1.04. The van der Waals surface area contributed by atoms with Crippen LogP contribution in [0.4, 0.5) is 14.9 Å². The van der Waals surface area contributed by atoms with Gasteiger partial charge in [-0.2, -0.15) is 0 Å². The minimum atomic E-state index is -0.690. The fraction of sp³-hybridized carbons (Fsp3) is 0.300. The molecule has 0 saturated carbocycles. The molecule has 1 amide bonds. The highest BCUT2D eigenvalue weighted by Gasteiger charge is 2.10. The lowest BCUT2D eigenvalue weighted by atomic mass is 10.3. The lowest BCUT2D eigenvalue weighted by molar-refractivity contribution is 0.167. The van der Waals surface area contributed by atoms with Gasteiger partial charge in [-0.3, -0.25) is 5.32 Å². The molecule has 0 fully saturated rings. The molecule has 0 spiro atoms. The second-order valence-electron chi connectivity index (χ2n) is 2.67. The molecule has 0 aliphatic heterocycles. The number of anilines is 1. The summed E-state index contributed by atoms with van der Waals surface area (Å²) in [5, 5.41) is 2.27. The van der Waals surface area contributed by atoms with Gasteiger partial charge in [0.25, 0.3) is 0 Å². The van der Waals surface area contributed by atoms with Crippen LogP contribution in [0.3, 0.4) is 0 Å². The summed E-state index contributed by atoms with van der Waals surface area (Å²) >= 11 is 0. The molecule has 0 bridgehead atoms. The minimum absolute atomic E-state index is 0.0350. The maximum atomic E-state index is 13.5. The number of nitrogens with one attached hydrogen (secondary N) is 1. The van der Waals surface area contributed by atoms with Gasteiger partial charge in [0, 0.05) is 0 Å². The molecule has 1 N–H and O–H groups in total. The van der Waals surface area contributed by atoms with Gasteiger partial charge in [-0.1, -0.05) is 6.07 Å². The van der Waals surface area contributed by atoms with Gasteiger partial charge in [0.05, 0.1) is 19.4 Å². The summed E-state index contributed by atoms with van der Waals surface area (Å²) in [7, 11) is 1.35. The number of carbonyl (C=O) groups excluding carboxylic acids is 1. The SMILES string of the molecule is CCOC(=O)Nc1cccc(OC)c1F. The molecule has 1 rings (SSSR count). The number of amides is 1. The first kappa shape index (κ1) is 11.3. The van der Waals surface area contributed by atoms with Gasteiger partial charge in [-0.05, 0) is 19.1 Å². The largest absolute Gasteiger partial charge is 0.494 e. The predicted octanol–water partition coefficient (Wildman–Crippen LogP) is 2.40. The third kappa shape index (κ3) is 2.83. The number of methoxy groups -OCH3 is 1. The lowest BCUT2D eigenvalue weighted by Crippen LogP contribution is -2.14. The summed E-state index contributed by atoms with van der Waals surface area (Å²) in [4.78, 5) is 11.0. The van der Waals surface area contributed by atoms with Gasteiger partial charge in [0.15, 0.2) is 11.6 Å². The molecule has 0 aliphatic carbocycles. The molecule has 0 saturated heterocycles. The summed E-state index contributed by atoms with van der Waals surface area (Å²) in [6.07, 6.45) is -0.690. The van der Waals surface area contributed by atoms with E-state index < -0.39 is 11.9 Å². The second kappa shape index (κ2) is 5.19. The summed E-state index contributed by atoms with van der Waals surface area (Å²) in [5.74, 6) is -0.544. The van der Waals surface area contributed by atoms with Crippen LogP contribution in [-0.4, -0.2) is 19.8 Å². The smallest absolute Gasteiger partial charge is 0.411 e. The maximum absolute atomic E-state index is 13.5. The Bertz CT molecular complexity index is 355. The van der Waals surface area contributed by atoms with Crippen LogP contribution in [0, 0.1) is 5.82 Å². The molecule has 0 atom stereocenters. The molecule has 0 radical (unpaired) electrons. The van der Waals surface area contributed by atoms with Crippen molar-refractivity contribution in [3.8, 4) is 5.75 Å². The molecule has 0 aliphatic rings. The van der Waals surface area contributed by atoms with E-state index in [1.807, 2.05) is 0 Å². The van der Waals surface area contributed by atoms with E-state index in [0.717, 1.165) is 0 Å². The number of halogens is 1. The zero-order valence-electron chi connectivity index (χ0n) is 8.54. The van der Waals surface area contributed by atoms with Gasteiger partial charge in [-0.25, -0.2) is 9.18 Å². The van der Waals surface area contributed by atoms with Crippen LogP contribution >= 0.6 is 0 Å². The number of rotatable bonds is 3. The highest BCUT2D eigenvalue weighted by molar-refractivity contribution is 5.85. The van der Waals surface area contributed by atoms with E-state index in [1.165, 1.54) is 19.2 Å². The number of ether oxygens (including phenoxy) is 2. The molecule has 1 aromatic carbocycles. The van der Waals surface area contributed by atoms with E-state index in [4.69, 9.17) is 4.74 Å². The van der Waals surface area contributed by atoms with Gasteiger partial charge in [0.2, 0.25) is 0 Å². The Morgan fingerprint density at radius 2 is 2.27 bits per heavy atom. The summed E-state index contributed by atoms with van der Waals surface area (Å²) in [5.41, 5.74) is 0.0350. The van der Waals surface area contributed by atoms with Gasteiger partial charge < -0.3 is 9.47 Å². The quantitative estimate of drug-likeness (QED) is 0.838. The minimum Gasteiger partial charge on any atom is -0.494 e. The van der Waals surface area contributed by atoms with Crippen molar-refractivity contribution in [2.24, 2.45) is 0 Å². The van der Waals surface area contributed by atoms with Crippen LogP contribution in [0.15, 0.2) is 18.2 Å². The third-order valence-electron chi connectivity index (χ3n) is 1.70. The predicted molar refractivity (Wildman–Crippen MR) is 53.6 cm³/mol. The first-order valence-corrected chi connectivity index (χ1v) is 4.45. The van der Waals surface area contributed by atoms with Crippen molar-refractivity contribution in [3.05, 3.63) is 24.0 Å². The normalized spacial score (nSPS) is 9.53. The second-order valence-corrected chi connectivity index (χ2v) is 2.67. The van der Waals surface area contributed by atoms with E-state index in [-0.39, 0.29) is 18.0 Å². The average molecular weight is 213 g/mol. The molecule has 82 valence electrons. The van der Waals surface area contributed by atoms with Crippen LogP contribution in [-0.2, 0) is 4.74 Å². The van der Waals surface area contributed by atoms with Gasteiger partial charge >= 0.3 is 6.09 Å². The molecule has 1 aromatic rings. The van der Waals surface area contributed by atoms with E-state index in [2.05, 4.69) is 10.1 Å². The van der Waals surface area contributed by atoms with Crippen molar-refractivity contribution in [2.45, 2.75) is 6.92 Å². The fourth-order valence-electron chi connectivity index (χ4n) is 1.04. The van der Waals surface area contributed by atoms with E-state index >= 15 is 0 Å². The highest BCUT2D eigenvalue weighted by Crippen LogP contribution is 2.23. The first-order chi connectivity index (χ1) is 7.19. The maximum Gasteiger partial charge on any atom is 0.411 e. The number of benzene rings is 1. The third-order valence-corrected chi connectivity index (χ3v) is 1.70. The Labute approximate surface area is 87.0 Å². The summed E-state index contributed by atoms with van der Waals surface area (Å²) in [6.45, 7) is 1.90. The van der Waals surface area contributed by atoms with Gasteiger partial charge in [-0.15, -0.1) is 0 Å². The molecule has 0 aromatic heterocycles. The van der Waals surface area contributed by atoms with Crippen molar-refractivity contribution in [3.63, 3.8) is 0 Å². The van der Waals surface area contributed by atoms with Crippen LogP contribution in [0.1, 0.15) is 6.92 Å². The number of carbonyl (C=O) groups is 1. The summed E-state index contributed by atoms with van der Waals surface area (Å²) in [6, 6.07) is 4.46. The van der Waals surface area contributed by atoms with Crippen molar-refractivity contribution >= 4 is 11.8 Å². The average Bonchev–Trinajstić information content (AvgIpc) is 2.21. The van der Waals surface area contributed by atoms with Crippen LogP contribution < -0.4 is 10.1 Å². The molecule has 15 heavy (non-hydrogen) atoms. The Balaban J connectivity index is 2.81. The Morgan fingerprint density at radius 1 is 1.53 bits per heavy atom. The van der Waals surface area contributed by atoms with Crippen molar-refractivity contribution < 1.29 is 18.7 Å². The van der Waals surface area contributed by atoms with E-state index in [0.29, 0.717) is 0 Å². The van der Waals surface area contributed by atoms with Gasteiger partial charge in [0.1, 0.15) is 0 Å². The molecule has 5 heteroatoms. The van der Waals surface area contributed by atoms with Crippen LogP contribution in [0.25, 0.3) is 0 Å². The summed E-state index contributed by atoms with van der Waals surface area (Å²) < 4.78 is 22.9. The van der Waals surface area contributed by atoms with Crippen molar-refractivity contribution in [1.29, 1.82) is 0 Å². The zero-order valence-corrected chi connectivity index (χ0v) is 8.54. The molecule has 0 unspecified atom stereocenters. The van der Waals surface area contributed by atoms with Crippen molar-refractivity contribution in [1.82, 2.24) is 0 Å².